The Morgan fingerprint density at radius 3 is 2.73 bits per heavy atom. The van der Waals surface area contributed by atoms with Crippen molar-refractivity contribution in [1.82, 2.24) is 15.2 Å². The van der Waals surface area contributed by atoms with Crippen molar-refractivity contribution in [2.75, 3.05) is 11.1 Å². The number of nitrogens with one attached hydrogen (secondary N) is 2. The Labute approximate surface area is 155 Å². The third-order valence-electron chi connectivity index (χ3n) is 3.75. The molecule has 0 spiro atoms. The smallest absolute Gasteiger partial charge is 0.234 e. The van der Waals surface area contributed by atoms with Crippen molar-refractivity contribution in [3.05, 3.63) is 59.7 Å². The summed E-state index contributed by atoms with van der Waals surface area (Å²) in [4.78, 5) is 16.5. The number of para-hydroxylation sites is 1. The van der Waals surface area contributed by atoms with Gasteiger partial charge in [0.25, 0.3) is 0 Å². The number of thioether (sulfide) groups is 1. The van der Waals surface area contributed by atoms with Crippen LogP contribution in [0.25, 0.3) is 11.4 Å². The Balaban J connectivity index is 1.59. The highest BCUT2D eigenvalue weighted by Crippen LogP contribution is 2.20. The van der Waals surface area contributed by atoms with E-state index in [0.717, 1.165) is 12.0 Å². The minimum atomic E-state index is -0.212. The Morgan fingerprint density at radius 1 is 1.23 bits per heavy atom. The van der Waals surface area contributed by atoms with Gasteiger partial charge in [-0.25, -0.2) is 4.98 Å². The number of nitriles is 1. The van der Waals surface area contributed by atoms with E-state index in [-0.39, 0.29) is 11.7 Å². The lowest BCUT2D eigenvalue weighted by Gasteiger charge is -2.05. The molecule has 2 aromatic carbocycles. The molecule has 0 aliphatic carbocycles. The van der Waals surface area contributed by atoms with Crippen molar-refractivity contribution >= 4 is 23.4 Å². The van der Waals surface area contributed by atoms with Crippen molar-refractivity contribution < 1.29 is 4.79 Å². The molecule has 7 heteroatoms. The van der Waals surface area contributed by atoms with E-state index < -0.39 is 0 Å². The summed E-state index contributed by atoms with van der Waals surface area (Å²) in [6.45, 7) is 2.11. The molecule has 0 bridgehead atoms. The average Bonchev–Trinajstić information content (AvgIpc) is 3.16. The van der Waals surface area contributed by atoms with Gasteiger partial charge in [0.1, 0.15) is 6.07 Å². The van der Waals surface area contributed by atoms with E-state index in [2.05, 4.69) is 45.6 Å². The molecular formula is C19H17N5OS. The fourth-order valence-electron chi connectivity index (χ4n) is 2.34. The van der Waals surface area contributed by atoms with Crippen molar-refractivity contribution in [3.63, 3.8) is 0 Å². The van der Waals surface area contributed by atoms with Gasteiger partial charge in [-0.15, -0.1) is 5.10 Å². The number of carbonyl (C=O) groups excluding carboxylic acids is 1. The lowest BCUT2D eigenvalue weighted by Crippen LogP contribution is -2.15. The molecule has 130 valence electrons. The van der Waals surface area contributed by atoms with Gasteiger partial charge in [-0.3, -0.25) is 9.89 Å². The van der Waals surface area contributed by atoms with Crippen LogP contribution in [0, 0.1) is 11.3 Å². The van der Waals surface area contributed by atoms with Gasteiger partial charge in [0.05, 0.1) is 17.0 Å². The zero-order valence-electron chi connectivity index (χ0n) is 14.2. The van der Waals surface area contributed by atoms with Gasteiger partial charge in [0.2, 0.25) is 11.1 Å². The maximum atomic E-state index is 12.1. The molecule has 3 aromatic rings. The number of benzene rings is 2. The summed E-state index contributed by atoms with van der Waals surface area (Å²) in [6.07, 6.45) is 0.988. The number of rotatable bonds is 6. The van der Waals surface area contributed by atoms with Crippen molar-refractivity contribution in [3.8, 4) is 17.5 Å². The second-order valence-electron chi connectivity index (χ2n) is 5.51. The van der Waals surface area contributed by atoms with Gasteiger partial charge in [-0.1, -0.05) is 55.1 Å². The molecule has 0 atom stereocenters. The van der Waals surface area contributed by atoms with Crippen LogP contribution in [0.4, 0.5) is 5.69 Å². The third-order valence-corrected chi connectivity index (χ3v) is 4.60. The highest BCUT2D eigenvalue weighted by Gasteiger charge is 2.10. The van der Waals surface area contributed by atoms with Gasteiger partial charge in [-0.05, 0) is 24.1 Å². The molecule has 1 amide bonds. The minimum Gasteiger partial charge on any atom is -0.324 e. The fraction of sp³-hybridized carbons (Fsp3) is 0.158. The van der Waals surface area contributed by atoms with Gasteiger partial charge >= 0.3 is 0 Å². The fourth-order valence-corrected chi connectivity index (χ4v) is 2.94. The number of hydrogen-bond acceptors (Lipinski definition) is 5. The SMILES string of the molecule is CCc1ccc(-c2nc(SCC(=O)Nc3ccccc3C#N)n[nH]2)cc1. The number of aromatic amines is 1. The largest absolute Gasteiger partial charge is 0.324 e. The van der Waals surface area contributed by atoms with Crippen molar-refractivity contribution in [2.45, 2.75) is 18.5 Å². The first kappa shape index (κ1) is 17.7. The molecule has 2 N–H and O–H groups in total. The number of hydrogen-bond donors (Lipinski definition) is 2. The highest BCUT2D eigenvalue weighted by atomic mass is 32.2. The Bertz CT molecular complexity index is 943. The standard InChI is InChI=1S/C19H17N5OS/c1-2-13-7-9-14(10-8-13)18-22-19(24-23-18)26-12-17(25)21-16-6-4-3-5-15(16)11-20/h3-10H,2,12H2,1H3,(H,21,25)(H,22,23,24). The molecular weight excluding hydrogens is 346 g/mol. The molecule has 0 saturated heterocycles. The van der Waals surface area contributed by atoms with E-state index in [1.165, 1.54) is 17.3 Å². The lowest BCUT2D eigenvalue weighted by atomic mass is 10.1. The molecule has 6 nitrogen and oxygen atoms in total. The van der Waals surface area contributed by atoms with Crippen molar-refractivity contribution in [1.29, 1.82) is 5.26 Å². The Morgan fingerprint density at radius 2 is 2.00 bits per heavy atom. The quantitative estimate of drug-likeness (QED) is 0.652. The number of aromatic nitrogens is 3. The van der Waals surface area contributed by atoms with E-state index in [1.807, 2.05) is 12.1 Å². The van der Waals surface area contributed by atoms with Crippen LogP contribution in [0.1, 0.15) is 18.1 Å². The maximum absolute atomic E-state index is 12.1. The number of amides is 1. The molecule has 0 saturated carbocycles. The number of aryl methyl sites for hydroxylation is 1. The van der Waals surface area contributed by atoms with E-state index in [1.54, 1.807) is 24.3 Å². The Kier molecular flexibility index (Phi) is 5.66. The van der Waals surface area contributed by atoms with E-state index in [4.69, 9.17) is 5.26 Å². The lowest BCUT2D eigenvalue weighted by molar-refractivity contribution is -0.113. The highest BCUT2D eigenvalue weighted by molar-refractivity contribution is 7.99. The topological polar surface area (TPSA) is 94.5 Å². The molecule has 0 unspecified atom stereocenters. The normalized spacial score (nSPS) is 10.3. The zero-order chi connectivity index (χ0) is 18.4. The van der Waals surface area contributed by atoms with Gasteiger partial charge in [-0.2, -0.15) is 5.26 Å². The van der Waals surface area contributed by atoms with Crippen LogP contribution < -0.4 is 5.32 Å². The summed E-state index contributed by atoms with van der Waals surface area (Å²) in [5, 5.41) is 19.3. The van der Waals surface area contributed by atoms with Crippen LogP contribution >= 0.6 is 11.8 Å². The monoisotopic (exact) mass is 363 g/mol. The summed E-state index contributed by atoms with van der Waals surface area (Å²) >= 11 is 1.24. The number of nitrogens with zero attached hydrogens (tertiary/aromatic N) is 3. The minimum absolute atomic E-state index is 0.159. The summed E-state index contributed by atoms with van der Waals surface area (Å²) in [6, 6.07) is 17.1. The zero-order valence-corrected chi connectivity index (χ0v) is 15.0. The molecule has 26 heavy (non-hydrogen) atoms. The van der Waals surface area contributed by atoms with E-state index in [9.17, 15) is 4.79 Å². The first-order valence-corrected chi connectivity index (χ1v) is 9.11. The van der Waals surface area contributed by atoms with Gasteiger partial charge in [0, 0.05) is 5.56 Å². The molecule has 0 aliphatic heterocycles. The van der Waals surface area contributed by atoms with Crippen LogP contribution in [-0.4, -0.2) is 26.8 Å². The first-order chi connectivity index (χ1) is 12.7. The van der Waals surface area contributed by atoms with E-state index in [0.29, 0.717) is 22.2 Å². The van der Waals surface area contributed by atoms with Crippen LogP contribution in [0.2, 0.25) is 0 Å². The van der Waals surface area contributed by atoms with Gasteiger partial charge < -0.3 is 5.32 Å². The predicted octanol–water partition coefficient (Wildman–Crippen LogP) is 3.64. The summed E-state index contributed by atoms with van der Waals surface area (Å²) in [5.41, 5.74) is 3.15. The van der Waals surface area contributed by atoms with Crippen LogP contribution in [0.5, 0.6) is 0 Å². The molecule has 0 radical (unpaired) electrons. The van der Waals surface area contributed by atoms with Crippen LogP contribution in [0.15, 0.2) is 53.7 Å². The first-order valence-electron chi connectivity index (χ1n) is 8.13. The summed E-state index contributed by atoms with van der Waals surface area (Å²) in [5.74, 6) is 0.619. The van der Waals surface area contributed by atoms with Gasteiger partial charge in [0.15, 0.2) is 5.82 Å². The second-order valence-corrected chi connectivity index (χ2v) is 6.45. The summed E-state index contributed by atoms with van der Waals surface area (Å²) < 4.78 is 0. The number of carbonyl (C=O) groups is 1. The second kappa shape index (κ2) is 8.32. The molecule has 1 heterocycles. The third kappa shape index (κ3) is 4.29. The van der Waals surface area contributed by atoms with Crippen LogP contribution in [0.3, 0.4) is 0 Å². The average molecular weight is 363 g/mol. The van der Waals surface area contributed by atoms with E-state index >= 15 is 0 Å². The van der Waals surface area contributed by atoms with Crippen LogP contribution in [-0.2, 0) is 11.2 Å². The molecule has 3 rings (SSSR count). The molecule has 1 aromatic heterocycles. The molecule has 0 aliphatic rings. The predicted molar refractivity (Wildman–Crippen MR) is 102 cm³/mol. The molecule has 0 fully saturated rings. The number of anilines is 1. The Hall–Kier alpha value is -3.11. The maximum Gasteiger partial charge on any atom is 0.234 e. The number of H-pyrrole nitrogens is 1. The van der Waals surface area contributed by atoms with Crippen molar-refractivity contribution in [2.24, 2.45) is 0 Å². The summed E-state index contributed by atoms with van der Waals surface area (Å²) in [7, 11) is 0.